The van der Waals surface area contributed by atoms with Crippen LogP contribution in [0.1, 0.15) is 13.8 Å². The highest BCUT2D eigenvalue weighted by atomic mass is 32.2. The van der Waals surface area contributed by atoms with Crippen molar-refractivity contribution in [2.75, 3.05) is 42.8 Å². The molecule has 2 aliphatic rings. The molecule has 1 aromatic carbocycles. The summed E-state index contributed by atoms with van der Waals surface area (Å²) in [4.78, 5) is 26.2. The number of anilines is 2. The number of cyclic esters (lactones) is 2. The van der Waals surface area contributed by atoms with Gasteiger partial charge in [-0.15, -0.1) is 0 Å². The lowest BCUT2D eigenvalue weighted by Gasteiger charge is -2.30. The number of sulfone groups is 1. The van der Waals surface area contributed by atoms with Gasteiger partial charge in [0.05, 0.1) is 23.8 Å². The summed E-state index contributed by atoms with van der Waals surface area (Å²) in [6.45, 7) is 5.39. The van der Waals surface area contributed by atoms with Crippen LogP contribution in [0.3, 0.4) is 0 Å². The summed E-state index contributed by atoms with van der Waals surface area (Å²) in [7, 11) is -3.55. The van der Waals surface area contributed by atoms with Gasteiger partial charge >= 0.3 is 11.9 Å². The fourth-order valence-corrected chi connectivity index (χ4v) is 3.73. The zero-order chi connectivity index (χ0) is 20.5. The van der Waals surface area contributed by atoms with Crippen molar-refractivity contribution in [3.05, 3.63) is 30.0 Å². The summed E-state index contributed by atoms with van der Waals surface area (Å²) < 4.78 is 39.7. The van der Waals surface area contributed by atoms with E-state index in [-0.39, 0.29) is 16.2 Å². The average molecular weight is 410 g/mol. The van der Waals surface area contributed by atoms with Crippen LogP contribution in [0, 0.1) is 0 Å². The maximum atomic E-state index is 12.1. The SMILES string of the molecule is CC1(C)OC(=O)C(=CNc2cc(N3CCOCC3)ccc2S(C)(=O)=O)C(=O)O1. The Bertz CT molecular complexity index is 909. The second-order valence-electron chi connectivity index (χ2n) is 6.93. The number of carbonyl (C=O) groups is 2. The Labute approximate surface area is 163 Å². The van der Waals surface area contributed by atoms with Crippen LogP contribution in [-0.2, 0) is 33.6 Å². The van der Waals surface area contributed by atoms with Gasteiger partial charge in [0.1, 0.15) is 0 Å². The van der Waals surface area contributed by atoms with Gasteiger partial charge in [-0.3, -0.25) is 0 Å². The lowest BCUT2D eigenvalue weighted by Crippen LogP contribution is -2.42. The van der Waals surface area contributed by atoms with Crippen molar-refractivity contribution in [1.82, 2.24) is 0 Å². The van der Waals surface area contributed by atoms with E-state index in [1.807, 2.05) is 0 Å². The van der Waals surface area contributed by atoms with E-state index in [0.29, 0.717) is 26.3 Å². The summed E-state index contributed by atoms with van der Waals surface area (Å²) in [5.41, 5.74) is 0.687. The first-order chi connectivity index (χ1) is 13.1. The number of ether oxygens (including phenoxy) is 3. The van der Waals surface area contributed by atoms with Crippen LogP contribution in [-0.4, -0.2) is 58.7 Å². The molecule has 3 rings (SSSR count). The molecular formula is C18H22N2O7S. The van der Waals surface area contributed by atoms with Crippen molar-refractivity contribution < 1.29 is 32.2 Å². The minimum Gasteiger partial charge on any atom is -0.419 e. The smallest absolute Gasteiger partial charge is 0.350 e. The van der Waals surface area contributed by atoms with E-state index in [0.717, 1.165) is 18.1 Å². The molecule has 0 amide bonds. The van der Waals surface area contributed by atoms with E-state index in [4.69, 9.17) is 14.2 Å². The molecule has 0 radical (unpaired) electrons. The van der Waals surface area contributed by atoms with Crippen LogP contribution in [0.25, 0.3) is 0 Å². The molecule has 1 aromatic rings. The number of carbonyl (C=O) groups excluding carboxylic acids is 2. The van der Waals surface area contributed by atoms with Gasteiger partial charge in [0.25, 0.3) is 5.79 Å². The average Bonchev–Trinajstić information content (AvgIpc) is 2.59. The van der Waals surface area contributed by atoms with Gasteiger partial charge in [0.2, 0.25) is 0 Å². The van der Waals surface area contributed by atoms with Crippen molar-refractivity contribution in [3.63, 3.8) is 0 Å². The van der Waals surface area contributed by atoms with Crippen molar-refractivity contribution in [1.29, 1.82) is 0 Å². The predicted octanol–water partition coefficient (Wildman–Crippen LogP) is 1.06. The summed E-state index contributed by atoms with van der Waals surface area (Å²) in [6, 6.07) is 4.86. The van der Waals surface area contributed by atoms with Crippen LogP contribution >= 0.6 is 0 Å². The third-order valence-electron chi connectivity index (χ3n) is 4.23. The standard InChI is InChI=1S/C18H22N2O7S/c1-18(2)26-16(21)13(17(22)27-18)11-19-14-10-12(20-6-8-25-9-7-20)4-5-15(14)28(3,23)24/h4-5,10-11,19H,6-9H2,1-3H3. The van der Waals surface area contributed by atoms with Crippen LogP contribution < -0.4 is 10.2 Å². The Morgan fingerprint density at radius 1 is 1.11 bits per heavy atom. The molecule has 0 atom stereocenters. The number of morpholine rings is 1. The van der Waals surface area contributed by atoms with Gasteiger partial charge < -0.3 is 24.4 Å². The molecule has 2 heterocycles. The van der Waals surface area contributed by atoms with Crippen molar-refractivity contribution in [3.8, 4) is 0 Å². The highest BCUT2D eigenvalue weighted by Gasteiger charge is 2.39. The number of esters is 2. The van der Waals surface area contributed by atoms with E-state index in [2.05, 4.69) is 10.2 Å². The molecule has 152 valence electrons. The quantitative estimate of drug-likeness (QED) is 0.442. The van der Waals surface area contributed by atoms with Gasteiger partial charge in [-0.2, -0.15) is 0 Å². The molecule has 9 nitrogen and oxygen atoms in total. The molecule has 0 aromatic heterocycles. The molecule has 10 heteroatoms. The van der Waals surface area contributed by atoms with Gasteiger partial charge in [-0.25, -0.2) is 18.0 Å². The normalized spacial score (nSPS) is 19.7. The fraction of sp³-hybridized carbons (Fsp3) is 0.444. The van der Waals surface area contributed by atoms with Gasteiger partial charge in [0.15, 0.2) is 15.4 Å². The molecule has 0 unspecified atom stereocenters. The second kappa shape index (κ2) is 7.44. The Kier molecular flexibility index (Phi) is 5.35. The second-order valence-corrected chi connectivity index (χ2v) is 8.92. The maximum absolute atomic E-state index is 12.1. The van der Waals surface area contributed by atoms with Crippen LogP contribution in [0.5, 0.6) is 0 Å². The van der Waals surface area contributed by atoms with Crippen molar-refractivity contribution in [2.45, 2.75) is 24.5 Å². The lowest BCUT2D eigenvalue weighted by atomic mass is 10.2. The molecular weight excluding hydrogens is 388 g/mol. The molecule has 0 spiro atoms. The molecule has 1 N–H and O–H groups in total. The molecule has 0 saturated carbocycles. The van der Waals surface area contributed by atoms with Gasteiger partial charge in [-0.05, 0) is 18.2 Å². The third-order valence-corrected chi connectivity index (χ3v) is 5.38. The molecule has 2 fully saturated rings. The Morgan fingerprint density at radius 3 is 2.29 bits per heavy atom. The summed E-state index contributed by atoms with van der Waals surface area (Å²) in [5, 5.41) is 2.76. The highest BCUT2D eigenvalue weighted by molar-refractivity contribution is 7.90. The highest BCUT2D eigenvalue weighted by Crippen LogP contribution is 2.29. The number of hydrogen-bond donors (Lipinski definition) is 1. The number of nitrogens with one attached hydrogen (secondary N) is 1. The summed E-state index contributed by atoms with van der Waals surface area (Å²) in [6.07, 6.45) is 2.19. The largest absolute Gasteiger partial charge is 0.419 e. The van der Waals surface area contributed by atoms with Gasteiger partial charge in [-0.1, -0.05) is 0 Å². The van der Waals surface area contributed by atoms with E-state index in [1.54, 1.807) is 12.1 Å². The Balaban J connectivity index is 1.93. The Hall–Kier alpha value is -2.59. The van der Waals surface area contributed by atoms with E-state index >= 15 is 0 Å². The lowest BCUT2D eigenvalue weighted by molar-refractivity contribution is -0.222. The predicted molar refractivity (Wildman–Crippen MR) is 101 cm³/mol. The number of nitrogens with zero attached hydrogens (tertiary/aromatic N) is 1. The van der Waals surface area contributed by atoms with E-state index < -0.39 is 27.6 Å². The third kappa shape index (κ3) is 4.45. The molecule has 2 saturated heterocycles. The zero-order valence-electron chi connectivity index (χ0n) is 15.9. The molecule has 28 heavy (non-hydrogen) atoms. The minimum absolute atomic E-state index is 0.0410. The number of hydrogen-bond acceptors (Lipinski definition) is 9. The van der Waals surface area contributed by atoms with Crippen LogP contribution in [0.15, 0.2) is 34.9 Å². The van der Waals surface area contributed by atoms with Crippen molar-refractivity contribution in [2.24, 2.45) is 0 Å². The first kappa shape index (κ1) is 20.2. The first-order valence-electron chi connectivity index (χ1n) is 8.67. The molecule has 0 aliphatic carbocycles. The van der Waals surface area contributed by atoms with Crippen LogP contribution in [0.2, 0.25) is 0 Å². The minimum atomic E-state index is -3.55. The molecule has 2 aliphatic heterocycles. The number of rotatable bonds is 4. The molecule has 0 bridgehead atoms. The summed E-state index contributed by atoms with van der Waals surface area (Å²) in [5.74, 6) is -3.04. The zero-order valence-corrected chi connectivity index (χ0v) is 16.7. The monoisotopic (exact) mass is 410 g/mol. The first-order valence-corrected chi connectivity index (χ1v) is 10.6. The van der Waals surface area contributed by atoms with E-state index in [1.165, 1.54) is 19.9 Å². The maximum Gasteiger partial charge on any atom is 0.350 e. The fourth-order valence-electron chi connectivity index (χ4n) is 2.90. The van der Waals surface area contributed by atoms with Crippen LogP contribution in [0.4, 0.5) is 11.4 Å². The van der Waals surface area contributed by atoms with E-state index in [9.17, 15) is 18.0 Å². The Morgan fingerprint density at radius 2 is 1.71 bits per heavy atom. The van der Waals surface area contributed by atoms with Crippen molar-refractivity contribution >= 4 is 33.2 Å². The summed E-state index contributed by atoms with van der Waals surface area (Å²) >= 11 is 0. The topological polar surface area (TPSA) is 111 Å². The van der Waals surface area contributed by atoms with Gasteiger partial charge in [0, 0.05) is 45.1 Å². The number of benzene rings is 1.